The maximum absolute atomic E-state index is 5.58. The van der Waals surface area contributed by atoms with E-state index < -0.39 is 0 Å². The summed E-state index contributed by atoms with van der Waals surface area (Å²) in [5.74, 6) is 0.664. The van der Waals surface area contributed by atoms with Crippen molar-refractivity contribution in [1.29, 1.82) is 0 Å². The van der Waals surface area contributed by atoms with Gasteiger partial charge < -0.3 is 5.73 Å². The molecular formula is C17H21N. The summed E-state index contributed by atoms with van der Waals surface area (Å²) in [4.78, 5) is 0. The lowest BCUT2D eigenvalue weighted by Crippen LogP contribution is -2.07. The predicted molar refractivity (Wildman–Crippen MR) is 78.4 cm³/mol. The average molecular weight is 239 g/mol. The standard InChI is InChI=1S/C17H21N/c1-14(11-12-18)13-15-7-9-17(10-8-15)16-5-3-2-4-6-16/h2-10,14H,11-13,18H2,1H3. The molecule has 0 bridgehead atoms. The Hall–Kier alpha value is -1.60. The van der Waals surface area contributed by atoms with Gasteiger partial charge in [0.05, 0.1) is 0 Å². The van der Waals surface area contributed by atoms with Crippen LogP contribution in [0.15, 0.2) is 54.6 Å². The van der Waals surface area contributed by atoms with Gasteiger partial charge in [-0.2, -0.15) is 0 Å². The first kappa shape index (κ1) is 12.8. The Kier molecular flexibility index (Phi) is 4.54. The van der Waals surface area contributed by atoms with Crippen molar-refractivity contribution in [2.45, 2.75) is 19.8 Å². The lowest BCUT2D eigenvalue weighted by atomic mass is 9.96. The first-order valence-corrected chi connectivity index (χ1v) is 6.64. The molecule has 94 valence electrons. The van der Waals surface area contributed by atoms with Crippen LogP contribution in [0.25, 0.3) is 11.1 Å². The lowest BCUT2D eigenvalue weighted by Gasteiger charge is -2.10. The molecule has 0 saturated heterocycles. The smallest absolute Gasteiger partial charge is 0.00746 e. The van der Waals surface area contributed by atoms with Crippen LogP contribution < -0.4 is 5.73 Å². The van der Waals surface area contributed by atoms with Gasteiger partial charge in [-0.3, -0.25) is 0 Å². The summed E-state index contributed by atoms with van der Waals surface area (Å²) < 4.78 is 0. The van der Waals surface area contributed by atoms with Gasteiger partial charge >= 0.3 is 0 Å². The molecule has 0 amide bonds. The van der Waals surface area contributed by atoms with Gasteiger partial charge in [0.25, 0.3) is 0 Å². The van der Waals surface area contributed by atoms with Crippen molar-refractivity contribution < 1.29 is 0 Å². The molecule has 0 fully saturated rings. The fourth-order valence-corrected chi connectivity index (χ4v) is 2.25. The highest BCUT2D eigenvalue weighted by Crippen LogP contribution is 2.20. The fourth-order valence-electron chi connectivity index (χ4n) is 2.25. The van der Waals surface area contributed by atoms with Crippen LogP contribution in [0.2, 0.25) is 0 Å². The Morgan fingerprint density at radius 1 is 0.889 bits per heavy atom. The molecule has 0 spiro atoms. The number of benzene rings is 2. The van der Waals surface area contributed by atoms with E-state index in [0.29, 0.717) is 5.92 Å². The number of hydrogen-bond donors (Lipinski definition) is 1. The van der Waals surface area contributed by atoms with E-state index >= 15 is 0 Å². The van der Waals surface area contributed by atoms with Crippen molar-refractivity contribution in [2.75, 3.05) is 6.54 Å². The highest BCUT2D eigenvalue weighted by Gasteiger charge is 2.03. The number of hydrogen-bond acceptors (Lipinski definition) is 1. The summed E-state index contributed by atoms with van der Waals surface area (Å²) in [5.41, 5.74) is 9.54. The van der Waals surface area contributed by atoms with Gasteiger partial charge in [0.15, 0.2) is 0 Å². The van der Waals surface area contributed by atoms with Crippen LogP contribution >= 0.6 is 0 Å². The van der Waals surface area contributed by atoms with Crippen LogP contribution in [0.5, 0.6) is 0 Å². The third-order valence-electron chi connectivity index (χ3n) is 3.30. The number of rotatable bonds is 5. The topological polar surface area (TPSA) is 26.0 Å². The Labute approximate surface area is 110 Å². The summed E-state index contributed by atoms with van der Waals surface area (Å²) in [7, 11) is 0. The van der Waals surface area contributed by atoms with E-state index in [1.807, 2.05) is 6.07 Å². The molecule has 0 radical (unpaired) electrons. The van der Waals surface area contributed by atoms with E-state index in [2.05, 4.69) is 55.5 Å². The van der Waals surface area contributed by atoms with Crippen molar-refractivity contribution in [3.8, 4) is 11.1 Å². The normalized spacial score (nSPS) is 12.3. The minimum atomic E-state index is 0.664. The van der Waals surface area contributed by atoms with Crippen molar-refractivity contribution in [1.82, 2.24) is 0 Å². The summed E-state index contributed by atoms with van der Waals surface area (Å²) in [5, 5.41) is 0. The van der Waals surface area contributed by atoms with Gasteiger partial charge in [-0.1, -0.05) is 61.5 Å². The molecule has 1 nitrogen and oxygen atoms in total. The highest BCUT2D eigenvalue weighted by molar-refractivity contribution is 5.63. The zero-order chi connectivity index (χ0) is 12.8. The monoisotopic (exact) mass is 239 g/mol. The maximum Gasteiger partial charge on any atom is -0.00746 e. The van der Waals surface area contributed by atoms with Crippen molar-refractivity contribution in [3.63, 3.8) is 0 Å². The van der Waals surface area contributed by atoms with E-state index in [1.54, 1.807) is 0 Å². The second-order valence-corrected chi connectivity index (χ2v) is 4.95. The van der Waals surface area contributed by atoms with E-state index in [1.165, 1.54) is 16.7 Å². The lowest BCUT2D eigenvalue weighted by molar-refractivity contribution is 0.538. The van der Waals surface area contributed by atoms with Gasteiger partial charge in [0, 0.05) is 0 Å². The van der Waals surface area contributed by atoms with Crippen LogP contribution in [0.4, 0.5) is 0 Å². The molecule has 1 heteroatoms. The van der Waals surface area contributed by atoms with Gasteiger partial charge in [0.2, 0.25) is 0 Å². The van der Waals surface area contributed by atoms with Crippen molar-refractivity contribution >= 4 is 0 Å². The van der Waals surface area contributed by atoms with Crippen LogP contribution in [-0.4, -0.2) is 6.54 Å². The molecular weight excluding hydrogens is 218 g/mol. The average Bonchev–Trinajstić information content (AvgIpc) is 2.41. The quantitative estimate of drug-likeness (QED) is 0.842. The molecule has 1 unspecified atom stereocenters. The molecule has 2 rings (SSSR count). The van der Waals surface area contributed by atoms with Crippen LogP contribution in [-0.2, 0) is 6.42 Å². The molecule has 2 aromatic rings. The molecule has 0 aromatic heterocycles. The minimum absolute atomic E-state index is 0.664. The Bertz CT molecular complexity index is 459. The molecule has 18 heavy (non-hydrogen) atoms. The fraction of sp³-hybridized carbons (Fsp3) is 0.294. The molecule has 0 heterocycles. The highest BCUT2D eigenvalue weighted by atomic mass is 14.5. The number of nitrogens with two attached hydrogens (primary N) is 1. The SMILES string of the molecule is CC(CCN)Cc1ccc(-c2ccccc2)cc1. The first-order valence-electron chi connectivity index (χ1n) is 6.64. The van der Waals surface area contributed by atoms with Crippen molar-refractivity contribution in [2.24, 2.45) is 11.7 Å². The van der Waals surface area contributed by atoms with Gasteiger partial charge in [-0.25, -0.2) is 0 Å². The first-order chi connectivity index (χ1) is 8.79. The molecule has 2 N–H and O–H groups in total. The predicted octanol–water partition coefficient (Wildman–Crippen LogP) is 3.88. The largest absolute Gasteiger partial charge is 0.330 e. The summed E-state index contributed by atoms with van der Waals surface area (Å²) in [6.07, 6.45) is 2.21. The second-order valence-electron chi connectivity index (χ2n) is 4.95. The molecule has 2 aromatic carbocycles. The Morgan fingerprint density at radius 3 is 2.11 bits per heavy atom. The summed E-state index contributed by atoms with van der Waals surface area (Å²) in [6, 6.07) is 19.4. The maximum atomic E-state index is 5.58. The van der Waals surface area contributed by atoms with Crippen LogP contribution in [0.3, 0.4) is 0 Å². The van der Waals surface area contributed by atoms with Crippen LogP contribution in [0.1, 0.15) is 18.9 Å². The summed E-state index contributed by atoms with van der Waals surface area (Å²) in [6.45, 7) is 3.04. The van der Waals surface area contributed by atoms with Gasteiger partial charge in [-0.15, -0.1) is 0 Å². The van der Waals surface area contributed by atoms with E-state index in [9.17, 15) is 0 Å². The molecule has 0 saturated carbocycles. The summed E-state index contributed by atoms with van der Waals surface area (Å²) >= 11 is 0. The zero-order valence-electron chi connectivity index (χ0n) is 11.0. The Morgan fingerprint density at radius 2 is 1.50 bits per heavy atom. The third kappa shape index (κ3) is 3.44. The second kappa shape index (κ2) is 6.36. The van der Waals surface area contributed by atoms with Crippen molar-refractivity contribution in [3.05, 3.63) is 60.2 Å². The molecule has 0 aliphatic carbocycles. The molecule has 0 aliphatic heterocycles. The van der Waals surface area contributed by atoms with Gasteiger partial charge in [0.1, 0.15) is 0 Å². The zero-order valence-corrected chi connectivity index (χ0v) is 11.0. The Balaban J connectivity index is 2.06. The molecule has 0 aliphatic rings. The molecule has 1 atom stereocenters. The van der Waals surface area contributed by atoms with E-state index in [-0.39, 0.29) is 0 Å². The van der Waals surface area contributed by atoms with Gasteiger partial charge in [-0.05, 0) is 42.0 Å². The minimum Gasteiger partial charge on any atom is -0.330 e. The van der Waals surface area contributed by atoms with Crippen LogP contribution in [0, 0.1) is 5.92 Å². The van der Waals surface area contributed by atoms with E-state index in [0.717, 1.165) is 19.4 Å². The third-order valence-corrected chi connectivity index (χ3v) is 3.30. The van der Waals surface area contributed by atoms with E-state index in [4.69, 9.17) is 5.73 Å².